The van der Waals surface area contributed by atoms with Crippen LogP contribution < -0.4 is 10.1 Å². The first kappa shape index (κ1) is 22.9. The Morgan fingerprint density at radius 3 is 2.55 bits per heavy atom. The van der Waals surface area contributed by atoms with E-state index in [1.165, 1.54) is 6.07 Å². The van der Waals surface area contributed by atoms with Gasteiger partial charge in [0, 0.05) is 32.2 Å². The molecular formula is C24H27F3N4O2. The quantitative estimate of drug-likeness (QED) is 0.626. The van der Waals surface area contributed by atoms with E-state index in [4.69, 9.17) is 4.74 Å². The molecule has 6 nitrogen and oxygen atoms in total. The molecule has 2 aromatic rings. The average molecular weight is 461 g/mol. The Morgan fingerprint density at radius 1 is 1.06 bits per heavy atom. The van der Waals surface area contributed by atoms with Crippen LogP contribution in [-0.4, -0.2) is 53.9 Å². The van der Waals surface area contributed by atoms with Crippen LogP contribution in [0.2, 0.25) is 0 Å². The second-order valence-electron chi connectivity index (χ2n) is 8.65. The van der Waals surface area contributed by atoms with E-state index >= 15 is 0 Å². The zero-order valence-corrected chi connectivity index (χ0v) is 18.9. The predicted molar refractivity (Wildman–Crippen MR) is 120 cm³/mol. The van der Waals surface area contributed by atoms with E-state index in [0.717, 1.165) is 23.3 Å². The number of nitrogens with zero attached hydrogens (tertiary/aromatic N) is 3. The topological polar surface area (TPSA) is 57.2 Å². The smallest absolute Gasteiger partial charge is 0.416 e. The summed E-state index contributed by atoms with van der Waals surface area (Å²) in [5.74, 6) is 1.37. The molecule has 2 aromatic carbocycles. The van der Waals surface area contributed by atoms with E-state index in [2.05, 4.69) is 10.3 Å². The van der Waals surface area contributed by atoms with Gasteiger partial charge in [0.05, 0.1) is 11.1 Å². The van der Waals surface area contributed by atoms with Crippen molar-refractivity contribution in [3.8, 4) is 11.5 Å². The summed E-state index contributed by atoms with van der Waals surface area (Å²) in [7, 11) is 0. The van der Waals surface area contributed by atoms with Crippen molar-refractivity contribution >= 4 is 17.6 Å². The second-order valence-corrected chi connectivity index (χ2v) is 8.65. The lowest BCUT2D eigenvalue weighted by molar-refractivity contribution is -0.137. The fourth-order valence-corrected chi connectivity index (χ4v) is 3.98. The van der Waals surface area contributed by atoms with Crippen molar-refractivity contribution in [1.82, 2.24) is 15.1 Å². The number of aliphatic imine (C=N–C) groups is 1. The van der Waals surface area contributed by atoms with E-state index in [9.17, 15) is 18.0 Å². The number of amides is 2. The molecule has 0 unspecified atom stereocenters. The molecule has 0 atom stereocenters. The van der Waals surface area contributed by atoms with Gasteiger partial charge in [-0.2, -0.15) is 13.2 Å². The van der Waals surface area contributed by atoms with Crippen molar-refractivity contribution in [2.75, 3.05) is 26.2 Å². The maximum atomic E-state index is 13.3. The number of fused-ring (bicyclic) bond motifs is 2. The third kappa shape index (κ3) is 5.07. The monoisotopic (exact) mass is 460 g/mol. The van der Waals surface area contributed by atoms with Gasteiger partial charge in [0.15, 0.2) is 5.75 Å². The van der Waals surface area contributed by atoms with Crippen molar-refractivity contribution in [3.63, 3.8) is 0 Å². The summed E-state index contributed by atoms with van der Waals surface area (Å²) >= 11 is 0. The molecule has 0 bridgehead atoms. The van der Waals surface area contributed by atoms with E-state index in [1.807, 2.05) is 43.9 Å². The zero-order chi connectivity index (χ0) is 23.8. The van der Waals surface area contributed by atoms with E-state index < -0.39 is 11.7 Å². The Hall–Kier alpha value is -3.23. The van der Waals surface area contributed by atoms with Crippen molar-refractivity contribution in [2.24, 2.45) is 4.99 Å². The number of carbonyl (C=O) groups excluding carboxylic acids is 1. The molecule has 0 aliphatic carbocycles. The molecule has 1 fully saturated rings. The van der Waals surface area contributed by atoms with Gasteiger partial charge in [-0.15, -0.1) is 0 Å². The molecule has 0 radical (unpaired) electrons. The highest BCUT2D eigenvalue weighted by atomic mass is 19.4. The first-order valence-electron chi connectivity index (χ1n) is 11.0. The lowest BCUT2D eigenvalue weighted by atomic mass is 10.1. The molecule has 176 valence electrons. The standard InChI is InChI=1S/C24H27F3N4O2/c1-15(2)28-23(32)31-10-4-9-30(11-12-31)22-18-13-16(3)5-7-20(18)33-21-8-6-17(24(25,26)27)14-19(21)29-22/h5-8,13-15H,4,9-12H2,1-3H3,(H,28,32). The first-order chi connectivity index (χ1) is 15.6. The van der Waals surface area contributed by atoms with Crippen LogP contribution in [0, 0.1) is 6.92 Å². The van der Waals surface area contributed by atoms with Gasteiger partial charge in [-0.3, -0.25) is 0 Å². The van der Waals surface area contributed by atoms with Gasteiger partial charge >= 0.3 is 12.2 Å². The number of urea groups is 1. The van der Waals surface area contributed by atoms with Crippen LogP contribution in [0.25, 0.3) is 0 Å². The van der Waals surface area contributed by atoms with Crippen LogP contribution in [0.4, 0.5) is 23.7 Å². The molecule has 2 amide bonds. The molecule has 0 saturated carbocycles. The van der Waals surface area contributed by atoms with Crippen molar-refractivity contribution in [3.05, 3.63) is 53.1 Å². The van der Waals surface area contributed by atoms with Crippen molar-refractivity contribution in [1.29, 1.82) is 0 Å². The average Bonchev–Trinajstić information content (AvgIpc) is 3.07. The number of halogens is 3. The minimum Gasteiger partial charge on any atom is -0.454 e. The fourth-order valence-electron chi connectivity index (χ4n) is 3.98. The Morgan fingerprint density at radius 2 is 1.82 bits per heavy atom. The number of amidine groups is 1. The SMILES string of the molecule is Cc1ccc2c(c1)C(N1CCCN(C(=O)NC(C)C)CC1)=Nc1cc(C(F)(F)F)ccc1O2. The number of hydrogen-bond acceptors (Lipinski definition) is 4. The first-order valence-corrected chi connectivity index (χ1v) is 11.0. The summed E-state index contributed by atoms with van der Waals surface area (Å²) in [5.41, 5.74) is 1.06. The van der Waals surface area contributed by atoms with Gasteiger partial charge in [0.25, 0.3) is 0 Å². The third-order valence-corrected chi connectivity index (χ3v) is 5.60. The molecule has 1 saturated heterocycles. The maximum absolute atomic E-state index is 13.3. The number of hydrogen-bond donors (Lipinski definition) is 1. The van der Waals surface area contributed by atoms with Crippen LogP contribution in [0.3, 0.4) is 0 Å². The van der Waals surface area contributed by atoms with Crippen molar-refractivity contribution < 1.29 is 22.7 Å². The maximum Gasteiger partial charge on any atom is 0.416 e. The largest absolute Gasteiger partial charge is 0.454 e. The molecule has 2 aliphatic rings. The normalized spacial score (nSPS) is 16.3. The van der Waals surface area contributed by atoms with Gasteiger partial charge in [-0.25, -0.2) is 9.79 Å². The molecule has 4 rings (SSSR count). The van der Waals surface area contributed by atoms with Crippen LogP contribution in [-0.2, 0) is 6.18 Å². The van der Waals surface area contributed by atoms with Gasteiger partial charge in [0.2, 0.25) is 0 Å². The summed E-state index contributed by atoms with van der Waals surface area (Å²) in [4.78, 5) is 20.9. The molecule has 9 heteroatoms. The Balaban J connectivity index is 1.71. The molecule has 0 spiro atoms. The lowest BCUT2D eigenvalue weighted by Gasteiger charge is -2.26. The molecular weight excluding hydrogens is 433 g/mol. The Labute approximate surface area is 191 Å². The van der Waals surface area contributed by atoms with Gasteiger partial charge in [-0.1, -0.05) is 11.6 Å². The molecule has 2 aliphatic heterocycles. The number of nitrogens with one attached hydrogen (secondary N) is 1. The van der Waals surface area contributed by atoms with Gasteiger partial charge in [0.1, 0.15) is 17.3 Å². The minimum absolute atomic E-state index is 0.0365. The van der Waals surface area contributed by atoms with E-state index in [1.54, 1.807) is 4.90 Å². The number of alkyl halides is 3. The third-order valence-electron chi connectivity index (χ3n) is 5.60. The van der Waals surface area contributed by atoms with E-state index in [-0.39, 0.29) is 23.5 Å². The second kappa shape index (κ2) is 8.96. The molecule has 2 heterocycles. The van der Waals surface area contributed by atoms with Crippen LogP contribution >= 0.6 is 0 Å². The highest BCUT2D eigenvalue weighted by molar-refractivity contribution is 6.04. The predicted octanol–water partition coefficient (Wildman–Crippen LogP) is 5.32. The summed E-state index contributed by atoms with van der Waals surface area (Å²) < 4.78 is 46.0. The van der Waals surface area contributed by atoms with Crippen LogP contribution in [0.5, 0.6) is 11.5 Å². The number of ether oxygens (including phenoxy) is 1. The molecule has 33 heavy (non-hydrogen) atoms. The Kier molecular flexibility index (Phi) is 6.23. The number of aryl methyl sites for hydroxylation is 1. The number of rotatable bonds is 1. The Bertz CT molecular complexity index is 1080. The fraction of sp³-hybridized carbons (Fsp3) is 0.417. The molecule has 1 N–H and O–H groups in total. The summed E-state index contributed by atoms with van der Waals surface area (Å²) in [6.45, 7) is 7.96. The summed E-state index contributed by atoms with van der Waals surface area (Å²) in [5, 5.41) is 2.91. The van der Waals surface area contributed by atoms with Gasteiger partial charge in [-0.05, 0) is 57.5 Å². The van der Waals surface area contributed by atoms with Gasteiger partial charge < -0.3 is 19.9 Å². The lowest BCUT2D eigenvalue weighted by Crippen LogP contribution is -2.44. The van der Waals surface area contributed by atoms with Crippen LogP contribution in [0.1, 0.15) is 37.0 Å². The van der Waals surface area contributed by atoms with E-state index in [0.29, 0.717) is 44.2 Å². The summed E-state index contributed by atoms with van der Waals surface area (Å²) in [6.07, 6.45) is -3.77. The highest BCUT2D eigenvalue weighted by Gasteiger charge is 2.32. The number of benzene rings is 2. The minimum atomic E-state index is -4.48. The zero-order valence-electron chi connectivity index (χ0n) is 18.9. The highest BCUT2D eigenvalue weighted by Crippen LogP contribution is 2.42. The molecule has 0 aromatic heterocycles. The number of carbonyl (C=O) groups is 1. The van der Waals surface area contributed by atoms with Crippen molar-refractivity contribution in [2.45, 2.75) is 39.4 Å². The summed E-state index contributed by atoms with van der Waals surface area (Å²) in [6, 6.07) is 8.90. The van der Waals surface area contributed by atoms with Crippen LogP contribution in [0.15, 0.2) is 41.4 Å².